The first-order chi connectivity index (χ1) is 12.8. The predicted molar refractivity (Wildman–Crippen MR) is 97.2 cm³/mol. The summed E-state index contributed by atoms with van der Waals surface area (Å²) < 4.78 is 10.8. The van der Waals surface area contributed by atoms with Crippen molar-refractivity contribution in [2.45, 2.75) is 25.4 Å². The fourth-order valence-corrected chi connectivity index (χ4v) is 3.42. The van der Waals surface area contributed by atoms with Crippen LogP contribution in [0.2, 0.25) is 0 Å². The van der Waals surface area contributed by atoms with Crippen LogP contribution in [-0.2, 0) is 6.54 Å². The molecule has 2 heterocycles. The van der Waals surface area contributed by atoms with Crippen LogP contribution in [0.4, 0.5) is 0 Å². The van der Waals surface area contributed by atoms with Gasteiger partial charge in [0.2, 0.25) is 6.79 Å². The van der Waals surface area contributed by atoms with Crippen molar-refractivity contribution < 1.29 is 14.3 Å². The lowest BCUT2D eigenvalue weighted by atomic mass is 10.1. The molecule has 0 atom stereocenters. The molecule has 1 saturated carbocycles. The number of hydrogen-bond donors (Lipinski definition) is 0. The van der Waals surface area contributed by atoms with Gasteiger partial charge in [0.15, 0.2) is 11.5 Å². The van der Waals surface area contributed by atoms with Gasteiger partial charge in [0, 0.05) is 24.2 Å². The van der Waals surface area contributed by atoms with Gasteiger partial charge < -0.3 is 14.4 Å². The van der Waals surface area contributed by atoms with Gasteiger partial charge in [-0.2, -0.15) is 0 Å². The highest BCUT2D eigenvalue weighted by molar-refractivity contribution is 6.05. The van der Waals surface area contributed by atoms with Crippen LogP contribution in [0.3, 0.4) is 0 Å². The second-order valence-electron chi connectivity index (χ2n) is 6.73. The van der Waals surface area contributed by atoms with Gasteiger partial charge in [-0.15, -0.1) is 0 Å². The Bertz CT molecular complexity index is 992. The summed E-state index contributed by atoms with van der Waals surface area (Å²) in [5.41, 5.74) is 1.56. The maximum Gasteiger partial charge on any atom is 0.273 e. The quantitative estimate of drug-likeness (QED) is 0.722. The Morgan fingerprint density at radius 1 is 1.08 bits per heavy atom. The predicted octanol–water partition coefficient (Wildman–Crippen LogP) is 3.77. The van der Waals surface area contributed by atoms with Gasteiger partial charge in [-0.25, -0.2) is 0 Å². The van der Waals surface area contributed by atoms with E-state index in [1.54, 1.807) is 6.20 Å². The molecule has 0 spiro atoms. The number of pyridine rings is 1. The van der Waals surface area contributed by atoms with Gasteiger partial charge in [0.05, 0.1) is 0 Å². The lowest BCUT2D eigenvalue weighted by Crippen LogP contribution is -2.33. The Balaban J connectivity index is 1.48. The molecule has 2 aliphatic rings. The van der Waals surface area contributed by atoms with E-state index < -0.39 is 0 Å². The summed E-state index contributed by atoms with van der Waals surface area (Å²) in [6.07, 6.45) is 3.79. The second kappa shape index (κ2) is 6.02. The zero-order valence-electron chi connectivity index (χ0n) is 14.2. The van der Waals surface area contributed by atoms with Gasteiger partial charge in [0.25, 0.3) is 5.91 Å². The number of hydrogen-bond acceptors (Lipinski definition) is 4. The summed E-state index contributed by atoms with van der Waals surface area (Å²) in [6.45, 7) is 0.801. The molecular weight excluding hydrogens is 328 g/mol. The molecule has 0 bridgehead atoms. The summed E-state index contributed by atoms with van der Waals surface area (Å²) in [5, 5.41) is 1.93. The Morgan fingerprint density at radius 3 is 2.81 bits per heavy atom. The standard InChI is InChI=1S/C21H18N2O3/c24-21(20-17-4-2-1-3-15(17)9-10-22-20)23(16-6-7-16)12-14-5-8-18-19(11-14)26-13-25-18/h1-5,8-11,16H,6-7,12-13H2. The smallest absolute Gasteiger partial charge is 0.273 e. The van der Waals surface area contributed by atoms with Crippen molar-refractivity contribution in [3.8, 4) is 11.5 Å². The molecule has 0 unspecified atom stereocenters. The van der Waals surface area contributed by atoms with E-state index in [-0.39, 0.29) is 18.7 Å². The molecule has 1 amide bonds. The van der Waals surface area contributed by atoms with Crippen molar-refractivity contribution in [3.63, 3.8) is 0 Å². The summed E-state index contributed by atoms with van der Waals surface area (Å²) in [4.78, 5) is 19.6. The van der Waals surface area contributed by atoms with Gasteiger partial charge in [-0.3, -0.25) is 9.78 Å². The van der Waals surface area contributed by atoms with Crippen LogP contribution in [0.5, 0.6) is 11.5 Å². The molecule has 0 saturated heterocycles. The Labute approximate surface area is 151 Å². The number of aromatic nitrogens is 1. The topological polar surface area (TPSA) is 51.7 Å². The molecule has 5 rings (SSSR count). The monoisotopic (exact) mass is 346 g/mol. The average molecular weight is 346 g/mol. The van der Waals surface area contributed by atoms with E-state index in [0.29, 0.717) is 12.2 Å². The molecule has 0 N–H and O–H groups in total. The minimum absolute atomic E-state index is 0.0121. The molecule has 1 aliphatic carbocycles. The SMILES string of the molecule is O=C(c1nccc2ccccc12)N(Cc1ccc2c(c1)OCO2)C1CC1. The molecule has 0 radical (unpaired) electrons. The van der Waals surface area contributed by atoms with Gasteiger partial charge >= 0.3 is 0 Å². The van der Waals surface area contributed by atoms with Crippen molar-refractivity contribution in [1.29, 1.82) is 0 Å². The Kier molecular flexibility index (Phi) is 3.52. The Morgan fingerprint density at radius 2 is 1.92 bits per heavy atom. The van der Waals surface area contributed by atoms with Crippen molar-refractivity contribution in [2.75, 3.05) is 6.79 Å². The number of rotatable bonds is 4. The normalized spacial score (nSPS) is 15.2. The fraction of sp³-hybridized carbons (Fsp3) is 0.238. The molecule has 1 aliphatic heterocycles. The van der Waals surface area contributed by atoms with E-state index in [2.05, 4.69) is 4.98 Å². The molecule has 3 aromatic rings. The molecule has 26 heavy (non-hydrogen) atoms. The third-order valence-electron chi connectivity index (χ3n) is 4.91. The van der Waals surface area contributed by atoms with Crippen LogP contribution in [0.25, 0.3) is 10.8 Å². The number of amides is 1. The van der Waals surface area contributed by atoms with Crippen molar-refractivity contribution in [1.82, 2.24) is 9.88 Å². The highest BCUT2D eigenvalue weighted by atomic mass is 16.7. The maximum atomic E-state index is 13.3. The second-order valence-corrected chi connectivity index (χ2v) is 6.73. The largest absolute Gasteiger partial charge is 0.454 e. The minimum Gasteiger partial charge on any atom is -0.454 e. The summed E-state index contributed by atoms with van der Waals surface area (Å²) in [7, 11) is 0. The average Bonchev–Trinajstić information content (AvgIpc) is 3.42. The zero-order valence-corrected chi connectivity index (χ0v) is 14.2. The molecule has 130 valence electrons. The summed E-state index contributed by atoms with van der Waals surface area (Å²) in [5.74, 6) is 1.49. The van der Waals surface area contributed by atoms with E-state index >= 15 is 0 Å². The first-order valence-electron chi connectivity index (χ1n) is 8.83. The lowest BCUT2D eigenvalue weighted by Gasteiger charge is -2.23. The van der Waals surface area contributed by atoms with E-state index in [4.69, 9.17) is 9.47 Å². The third-order valence-corrected chi connectivity index (χ3v) is 4.91. The van der Waals surface area contributed by atoms with Crippen LogP contribution < -0.4 is 9.47 Å². The van der Waals surface area contributed by atoms with Crippen molar-refractivity contribution >= 4 is 16.7 Å². The number of fused-ring (bicyclic) bond motifs is 2. The van der Waals surface area contributed by atoms with Gasteiger partial charge in [0.1, 0.15) is 5.69 Å². The van der Waals surface area contributed by atoms with Crippen LogP contribution >= 0.6 is 0 Å². The minimum atomic E-state index is -0.0121. The first-order valence-corrected chi connectivity index (χ1v) is 8.83. The van der Waals surface area contributed by atoms with E-state index in [1.165, 1.54) is 0 Å². The molecule has 1 aromatic heterocycles. The highest BCUT2D eigenvalue weighted by Gasteiger charge is 2.34. The molecule has 2 aromatic carbocycles. The number of carbonyl (C=O) groups excluding carboxylic acids is 1. The van der Waals surface area contributed by atoms with Crippen molar-refractivity contribution in [2.24, 2.45) is 0 Å². The highest BCUT2D eigenvalue weighted by Crippen LogP contribution is 2.35. The van der Waals surface area contributed by atoms with Crippen LogP contribution in [-0.4, -0.2) is 28.6 Å². The first kappa shape index (κ1) is 15.2. The number of nitrogens with zero attached hydrogens (tertiary/aromatic N) is 2. The van der Waals surface area contributed by atoms with Crippen LogP contribution in [0, 0.1) is 0 Å². The van der Waals surface area contributed by atoms with Crippen LogP contribution in [0.15, 0.2) is 54.7 Å². The molecule has 1 fully saturated rings. The van der Waals surface area contributed by atoms with Crippen molar-refractivity contribution in [3.05, 3.63) is 66.0 Å². The van der Waals surface area contributed by atoms with Gasteiger partial charge in [-0.05, 0) is 42.0 Å². The van der Waals surface area contributed by atoms with Crippen LogP contribution in [0.1, 0.15) is 28.9 Å². The Hall–Kier alpha value is -3.08. The van der Waals surface area contributed by atoms with E-state index in [1.807, 2.05) is 53.4 Å². The zero-order chi connectivity index (χ0) is 17.5. The van der Waals surface area contributed by atoms with Gasteiger partial charge in [-0.1, -0.05) is 30.3 Å². The lowest BCUT2D eigenvalue weighted by molar-refractivity contribution is 0.0726. The molecule has 5 heteroatoms. The van der Waals surface area contributed by atoms with E-state index in [9.17, 15) is 4.79 Å². The summed E-state index contributed by atoms with van der Waals surface area (Å²) >= 11 is 0. The molecular formula is C21H18N2O3. The number of ether oxygens (including phenoxy) is 2. The van der Waals surface area contributed by atoms with E-state index in [0.717, 1.165) is 40.7 Å². The number of carbonyl (C=O) groups is 1. The molecule has 5 nitrogen and oxygen atoms in total. The maximum absolute atomic E-state index is 13.3. The third kappa shape index (κ3) is 2.65. The summed E-state index contributed by atoms with van der Waals surface area (Å²) in [6, 6.07) is 16.0. The fourth-order valence-electron chi connectivity index (χ4n) is 3.42. The number of benzene rings is 2.